The Morgan fingerprint density at radius 1 is 1.33 bits per heavy atom. The molecule has 80 valence electrons. The number of ether oxygens (including phenoxy) is 2. The summed E-state index contributed by atoms with van der Waals surface area (Å²) < 4.78 is 15.7. The maximum absolute atomic E-state index is 5.56. The zero-order valence-corrected chi connectivity index (χ0v) is 9.29. The van der Waals surface area contributed by atoms with Crippen molar-refractivity contribution in [2.45, 2.75) is 6.92 Å². The van der Waals surface area contributed by atoms with Gasteiger partial charge in [0.25, 0.3) is 0 Å². The van der Waals surface area contributed by atoms with Gasteiger partial charge in [0.1, 0.15) is 17.9 Å². The van der Waals surface area contributed by atoms with Crippen molar-refractivity contribution in [3.63, 3.8) is 0 Å². The smallest absolute Gasteiger partial charge is 0.148 e. The number of benzene rings is 1. The van der Waals surface area contributed by atoms with Crippen LogP contribution in [0, 0.1) is 0 Å². The maximum atomic E-state index is 5.56. The molecular formula is C10H12N2O2S. The van der Waals surface area contributed by atoms with Crippen LogP contribution in [0.5, 0.6) is 5.75 Å². The number of fused-ring (bicyclic) bond motifs is 1. The molecule has 0 saturated heterocycles. The summed E-state index contributed by atoms with van der Waals surface area (Å²) in [7, 11) is 0. The molecule has 2 aromatic rings. The first-order chi connectivity index (χ1) is 7.42. The zero-order chi connectivity index (χ0) is 10.5. The molecule has 1 heterocycles. The van der Waals surface area contributed by atoms with E-state index < -0.39 is 0 Å². The Morgan fingerprint density at radius 3 is 3.13 bits per heavy atom. The third-order valence-corrected chi connectivity index (χ3v) is 2.62. The van der Waals surface area contributed by atoms with E-state index in [1.807, 2.05) is 25.1 Å². The summed E-state index contributed by atoms with van der Waals surface area (Å²) in [5, 5.41) is 4.02. The molecule has 0 saturated carbocycles. The second-order valence-corrected chi connectivity index (χ2v) is 3.71. The standard InChI is InChI=1S/C10H12N2O2S/c1-2-13-6-7-14-8-4-3-5-9-10(8)11-12-15-9/h3-5H,2,6-7H2,1H3. The van der Waals surface area contributed by atoms with E-state index in [1.54, 1.807) is 0 Å². The van der Waals surface area contributed by atoms with Gasteiger partial charge in [-0.1, -0.05) is 10.6 Å². The summed E-state index contributed by atoms with van der Waals surface area (Å²) in [5.41, 5.74) is 0.832. The van der Waals surface area contributed by atoms with Crippen molar-refractivity contribution in [3.05, 3.63) is 18.2 Å². The molecule has 0 atom stereocenters. The molecule has 1 aromatic heterocycles. The van der Waals surface area contributed by atoms with E-state index in [2.05, 4.69) is 9.59 Å². The van der Waals surface area contributed by atoms with Crippen molar-refractivity contribution in [2.24, 2.45) is 0 Å². The van der Waals surface area contributed by atoms with Crippen molar-refractivity contribution >= 4 is 21.7 Å². The fourth-order valence-electron chi connectivity index (χ4n) is 1.25. The van der Waals surface area contributed by atoms with Gasteiger partial charge >= 0.3 is 0 Å². The van der Waals surface area contributed by atoms with Crippen molar-refractivity contribution < 1.29 is 9.47 Å². The predicted molar refractivity (Wildman–Crippen MR) is 59.4 cm³/mol. The normalized spacial score (nSPS) is 10.7. The monoisotopic (exact) mass is 224 g/mol. The Labute approximate surface area is 92.0 Å². The third kappa shape index (κ3) is 2.43. The lowest BCUT2D eigenvalue weighted by Crippen LogP contribution is -2.06. The molecule has 2 rings (SSSR count). The molecule has 0 fully saturated rings. The summed E-state index contributed by atoms with van der Waals surface area (Å²) in [6.45, 7) is 3.83. The minimum atomic E-state index is 0.546. The average Bonchev–Trinajstić information content (AvgIpc) is 2.73. The van der Waals surface area contributed by atoms with E-state index in [-0.39, 0.29) is 0 Å². The van der Waals surface area contributed by atoms with E-state index in [1.165, 1.54) is 11.5 Å². The number of aromatic nitrogens is 2. The van der Waals surface area contributed by atoms with Gasteiger partial charge in [-0.2, -0.15) is 0 Å². The van der Waals surface area contributed by atoms with Crippen LogP contribution in [0.1, 0.15) is 6.92 Å². The highest BCUT2D eigenvalue weighted by molar-refractivity contribution is 7.13. The van der Waals surface area contributed by atoms with Crippen LogP contribution < -0.4 is 4.74 Å². The van der Waals surface area contributed by atoms with Gasteiger partial charge in [0, 0.05) is 6.61 Å². The number of nitrogens with zero attached hydrogens (tertiary/aromatic N) is 2. The lowest BCUT2D eigenvalue weighted by molar-refractivity contribution is 0.110. The van der Waals surface area contributed by atoms with E-state index in [4.69, 9.17) is 9.47 Å². The van der Waals surface area contributed by atoms with E-state index in [9.17, 15) is 0 Å². The molecule has 0 bridgehead atoms. The summed E-state index contributed by atoms with van der Waals surface area (Å²) in [5.74, 6) is 0.779. The molecule has 5 heteroatoms. The van der Waals surface area contributed by atoms with Crippen LogP contribution in [-0.4, -0.2) is 29.4 Å². The minimum absolute atomic E-state index is 0.546. The lowest BCUT2D eigenvalue weighted by Gasteiger charge is -2.05. The summed E-state index contributed by atoms with van der Waals surface area (Å²) >= 11 is 1.37. The van der Waals surface area contributed by atoms with Gasteiger partial charge in [-0.25, -0.2) is 0 Å². The predicted octanol–water partition coefficient (Wildman–Crippen LogP) is 2.11. The zero-order valence-electron chi connectivity index (χ0n) is 8.47. The molecule has 0 aliphatic rings. The average molecular weight is 224 g/mol. The quantitative estimate of drug-likeness (QED) is 0.730. The Balaban J connectivity index is 2.04. The highest BCUT2D eigenvalue weighted by atomic mass is 32.1. The van der Waals surface area contributed by atoms with Gasteiger partial charge in [0.2, 0.25) is 0 Å². The van der Waals surface area contributed by atoms with Gasteiger partial charge in [-0.15, -0.1) is 5.10 Å². The van der Waals surface area contributed by atoms with Gasteiger partial charge < -0.3 is 9.47 Å². The molecule has 4 nitrogen and oxygen atoms in total. The number of rotatable bonds is 5. The second-order valence-electron chi connectivity index (χ2n) is 2.92. The second kappa shape index (κ2) is 5.04. The Kier molecular flexibility index (Phi) is 3.47. The highest BCUT2D eigenvalue weighted by Crippen LogP contribution is 2.25. The molecule has 0 N–H and O–H groups in total. The Hall–Kier alpha value is -1.20. The number of hydrogen-bond donors (Lipinski definition) is 0. The molecule has 1 aromatic carbocycles. The molecule has 0 aliphatic heterocycles. The first-order valence-corrected chi connectivity index (χ1v) is 5.60. The Morgan fingerprint density at radius 2 is 2.27 bits per heavy atom. The largest absolute Gasteiger partial charge is 0.489 e. The van der Waals surface area contributed by atoms with E-state index >= 15 is 0 Å². The number of hydrogen-bond acceptors (Lipinski definition) is 5. The molecule has 0 amide bonds. The fraction of sp³-hybridized carbons (Fsp3) is 0.400. The van der Waals surface area contributed by atoms with Crippen molar-refractivity contribution in [1.82, 2.24) is 9.59 Å². The van der Waals surface area contributed by atoms with E-state index in [0.717, 1.165) is 16.0 Å². The topological polar surface area (TPSA) is 44.2 Å². The highest BCUT2D eigenvalue weighted by Gasteiger charge is 2.04. The van der Waals surface area contributed by atoms with Crippen LogP contribution in [0.25, 0.3) is 10.2 Å². The van der Waals surface area contributed by atoms with Crippen molar-refractivity contribution in [1.29, 1.82) is 0 Å². The molecule has 0 spiro atoms. The van der Waals surface area contributed by atoms with Gasteiger partial charge in [0.15, 0.2) is 0 Å². The summed E-state index contributed by atoms with van der Waals surface area (Å²) in [6.07, 6.45) is 0. The van der Waals surface area contributed by atoms with Crippen molar-refractivity contribution in [3.8, 4) is 5.75 Å². The van der Waals surface area contributed by atoms with Crippen LogP contribution in [0.4, 0.5) is 0 Å². The van der Waals surface area contributed by atoms with E-state index in [0.29, 0.717) is 19.8 Å². The van der Waals surface area contributed by atoms with Crippen LogP contribution in [-0.2, 0) is 4.74 Å². The van der Waals surface area contributed by atoms with Gasteiger partial charge in [0.05, 0.1) is 11.3 Å². The maximum Gasteiger partial charge on any atom is 0.148 e. The molecular weight excluding hydrogens is 212 g/mol. The first kappa shape index (κ1) is 10.3. The molecule has 15 heavy (non-hydrogen) atoms. The Bertz CT molecular complexity index is 430. The van der Waals surface area contributed by atoms with Crippen LogP contribution in [0.2, 0.25) is 0 Å². The van der Waals surface area contributed by atoms with Crippen LogP contribution in [0.3, 0.4) is 0 Å². The summed E-state index contributed by atoms with van der Waals surface area (Å²) in [4.78, 5) is 0. The summed E-state index contributed by atoms with van der Waals surface area (Å²) in [6, 6.07) is 5.82. The van der Waals surface area contributed by atoms with Crippen molar-refractivity contribution in [2.75, 3.05) is 19.8 Å². The van der Waals surface area contributed by atoms with Crippen LogP contribution in [0.15, 0.2) is 18.2 Å². The first-order valence-electron chi connectivity index (χ1n) is 4.83. The fourth-order valence-corrected chi connectivity index (χ4v) is 1.83. The molecule has 0 aliphatic carbocycles. The van der Waals surface area contributed by atoms with Gasteiger partial charge in [-0.3, -0.25) is 0 Å². The van der Waals surface area contributed by atoms with Gasteiger partial charge in [-0.05, 0) is 30.6 Å². The minimum Gasteiger partial charge on any atom is -0.489 e. The molecule has 0 unspecified atom stereocenters. The SMILES string of the molecule is CCOCCOc1cccc2snnc12. The third-order valence-electron chi connectivity index (χ3n) is 1.93. The lowest BCUT2D eigenvalue weighted by atomic mass is 10.3. The van der Waals surface area contributed by atoms with Crippen LogP contribution >= 0.6 is 11.5 Å². The molecule has 0 radical (unpaired) electrons.